The quantitative estimate of drug-likeness (QED) is 0.330. The van der Waals surface area contributed by atoms with Crippen LogP contribution in [-0.2, 0) is 18.3 Å². The first-order valence-electron chi connectivity index (χ1n) is 6.50. The van der Waals surface area contributed by atoms with Gasteiger partial charge in [-0.3, -0.25) is 13.6 Å². The van der Waals surface area contributed by atoms with Gasteiger partial charge in [-0.1, -0.05) is 0 Å². The van der Waals surface area contributed by atoms with Crippen LogP contribution in [0.1, 0.15) is 6.23 Å². The minimum absolute atomic E-state index is 0. The van der Waals surface area contributed by atoms with Crippen LogP contribution in [0.3, 0.4) is 0 Å². The van der Waals surface area contributed by atoms with Crippen LogP contribution in [0, 0.1) is 0 Å². The van der Waals surface area contributed by atoms with Gasteiger partial charge in [0.15, 0.2) is 23.2 Å². The average Bonchev–Trinajstić information content (AvgIpc) is 2.97. The summed E-state index contributed by atoms with van der Waals surface area (Å²) in [6.07, 6.45) is -2.87. The van der Waals surface area contributed by atoms with Gasteiger partial charge in [0.2, 0.25) is 5.28 Å². The number of ether oxygens (including phenoxy) is 1. The van der Waals surface area contributed by atoms with Crippen molar-refractivity contribution >= 4 is 66.0 Å². The molecule has 2 saturated heterocycles. The molecule has 11 nitrogen and oxygen atoms in total. The number of aliphatic hydroxyl groups excluding tert-OH is 1. The van der Waals surface area contributed by atoms with E-state index in [0.717, 1.165) is 0 Å². The molecular formula is C10H11ClN5NaO6P. The van der Waals surface area contributed by atoms with Crippen LogP contribution in [0.5, 0.6) is 0 Å². The average molecular weight is 387 g/mol. The monoisotopic (exact) mass is 386 g/mol. The normalized spacial score (nSPS) is 35.6. The molecule has 2 aliphatic rings. The van der Waals surface area contributed by atoms with Gasteiger partial charge in [-0.05, 0) is 11.6 Å². The molecule has 5 atom stereocenters. The number of nitrogens with two attached hydrogens (primary N) is 1. The first-order valence-corrected chi connectivity index (χ1v) is 8.38. The Hall–Kier alpha value is -0.330. The number of anilines is 1. The van der Waals surface area contributed by atoms with Crippen molar-refractivity contribution in [2.75, 3.05) is 12.3 Å². The summed E-state index contributed by atoms with van der Waals surface area (Å²) in [5, 5.41) is 10.4. The Labute approximate surface area is 162 Å². The Kier molecular flexibility index (Phi) is 4.95. The first kappa shape index (κ1) is 18.5. The van der Waals surface area contributed by atoms with Crippen LogP contribution in [0.4, 0.5) is 5.82 Å². The Morgan fingerprint density at radius 3 is 2.96 bits per heavy atom. The fourth-order valence-corrected chi connectivity index (χ4v) is 3.90. The molecule has 5 unspecified atom stereocenters. The molecule has 2 aliphatic heterocycles. The van der Waals surface area contributed by atoms with E-state index in [-0.39, 0.29) is 58.4 Å². The number of nitrogen functional groups attached to an aromatic ring is 1. The standard InChI is InChI=1S/C10H11ClN5O6P.Na/c11-10-15-4-7(12)13-2-14-8(4)16(10)9-5(17)6-3(21-9)1-20-23(18,19)22-6;/h2-3,5-6,9,17H,1H2,(H,18,19)(H2,12,13,14);. The van der Waals surface area contributed by atoms with Crippen molar-refractivity contribution in [3.05, 3.63) is 11.6 Å². The summed E-state index contributed by atoms with van der Waals surface area (Å²) in [5.74, 6) is 0.125. The van der Waals surface area contributed by atoms with Gasteiger partial charge in [-0.15, -0.1) is 0 Å². The fourth-order valence-electron chi connectivity index (χ4n) is 2.67. The number of phosphoric acid groups is 1. The molecule has 1 radical (unpaired) electrons. The smallest absolute Gasteiger partial charge is 0.386 e. The second-order valence-corrected chi connectivity index (χ2v) is 6.82. The van der Waals surface area contributed by atoms with Gasteiger partial charge in [-0.25, -0.2) is 19.5 Å². The zero-order valence-corrected chi connectivity index (χ0v) is 16.0. The zero-order chi connectivity index (χ0) is 16.4. The van der Waals surface area contributed by atoms with Crippen molar-refractivity contribution in [1.82, 2.24) is 19.5 Å². The predicted molar refractivity (Wildman–Crippen MR) is 81.1 cm³/mol. The molecule has 0 saturated carbocycles. The summed E-state index contributed by atoms with van der Waals surface area (Å²) in [6.45, 7) is -0.201. The number of hydrogen-bond donors (Lipinski definition) is 3. The van der Waals surface area contributed by atoms with Crippen LogP contribution in [0.15, 0.2) is 6.33 Å². The second kappa shape index (κ2) is 6.44. The maximum Gasteiger partial charge on any atom is 0.472 e. The van der Waals surface area contributed by atoms with Crippen molar-refractivity contribution in [2.45, 2.75) is 24.5 Å². The molecule has 2 aromatic heterocycles. The molecule has 0 amide bonds. The van der Waals surface area contributed by atoms with Crippen LogP contribution >= 0.6 is 19.4 Å². The van der Waals surface area contributed by atoms with E-state index in [1.165, 1.54) is 10.9 Å². The summed E-state index contributed by atoms with van der Waals surface area (Å²) < 4.78 is 28.0. The number of fused-ring (bicyclic) bond motifs is 2. The number of imidazole rings is 1. The molecule has 0 aromatic carbocycles. The summed E-state index contributed by atoms with van der Waals surface area (Å²) in [7, 11) is -4.21. The van der Waals surface area contributed by atoms with E-state index in [9.17, 15) is 14.6 Å². The van der Waals surface area contributed by atoms with Gasteiger partial charge in [-0.2, -0.15) is 0 Å². The van der Waals surface area contributed by atoms with Gasteiger partial charge >= 0.3 is 7.82 Å². The number of aliphatic hydroxyl groups is 1. The van der Waals surface area contributed by atoms with Crippen LogP contribution < -0.4 is 5.73 Å². The summed E-state index contributed by atoms with van der Waals surface area (Å²) in [6, 6.07) is 0. The number of phosphoric ester groups is 1. The van der Waals surface area contributed by atoms with E-state index in [0.29, 0.717) is 0 Å². The maximum absolute atomic E-state index is 11.5. The second-order valence-electron chi connectivity index (χ2n) is 5.07. The third-order valence-electron chi connectivity index (χ3n) is 3.68. The summed E-state index contributed by atoms with van der Waals surface area (Å²) in [4.78, 5) is 21.3. The van der Waals surface area contributed by atoms with E-state index in [2.05, 4.69) is 19.5 Å². The molecule has 2 fully saturated rings. The molecular weight excluding hydrogens is 376 g/mol. The Morgan fingerprint density at radius 1 is 1.46 bits per heavy atom. The predicted octanol–water partition coefficient (Wildman–Crippen LogP) is -0.545. The maximum atomic E-state index is 11.5. The molecule has 0 bridgehead atoms. The number of aromatic nitrogens is 4. The number of hydrogen-bond acceptors (Lipinski definition) is 9. The fraction of sp³-hybridized carbons (Fsp3) is 0.500. The van der Waals surface area contributed by atoms with Gasteiger partial charge in [0.25, 0.3) is 0 Å². The molecule has 24 heavy (non-hydrogen) atoms. The van der Waals surface area contributed by atoms with Crippen molar-refractivity contribution in [1.29, 1.82) is 0 Å². The molecule has 4 rings (SSSR count). The molecule has 2 aromatic rings. The van der Waals surface area contributed by atoms with Crippen LogP contribution in [-0.4, -0.2) is 84.0 Å². The Balaban J connectivity index is 0.00000169. The third-order valence-corrected chi connectivity index (χ3v) is 4.93. The van der Waals surface area contributed by atoms with Gasteiger partial charge < -0.3 is 20.5 Å². The number of nitrogens with zero attached hydrogens (tertiary/aromatic N) is 4. The van der Waals surface area contributed by atoms with Crippen molar-refractivity contribution < 1.29 is 28.3 Å². The van der Waals surface area contributed by atoms with Gasteiger partial charge in [0.05, 0.1) is 6.61 Å². The molecule has 14 heteroatoms. The Bertz CT molecular complexity index is 837. The minimum atomic E-state index is -4.21. The summed E-state index contributed by atoms with van der Waals surface area (Å²) >= 11 is 6.10. The SMILES string of the molecule is Nc1ncnc2c1nc(Cl)n2C1OC2COP(=O)(O)OC2C1O.[Na]. The van der Waals surface area contributed by atoms with E-state index < -0.39 is 32.4 Å². The summed E-state index contributed by atoms with van der Waals surface area (Å²) in [5.41, 5.74) is 6.24. The zero-order valence-electron chi connectivity index (χ0n) is 12.3. The van der Waals surface area contributed by atoms with E-state index >= 15 is 0 Å². The van der Waals surface area contributed by atoms with Crippen LogP contribution in [0.25, 0.3) is 11.2 Å². The van der Waals surface area contributed by atoms with Crippen molar-refractivity contribution in [3.8, 4) is 0 Å². The molecule has 4 heterocycles. The first-order chi connectivity index (χ1) is 10.9. The van der Waals surface area contributed by atoms with Crippen molar-refractivity contribution in [3.63, 3.8) is 0 Å². The number of halogens is 1. The van der Waals surface area contributed by atoms with Gasteiger partial charge in [0.1, 0.15) is 24.6 Å². The number of rotatable bonds is 1. The van der Waals surface area contributed by atoms with E-state index in [1.807, 2.05) is 0 Å². The topological polar surface area (TPSA) is 155 Å². The van der Waals surface area contributed by atoms with Crippen LogP contribution in [0.2, 0.25) is 5.28 Å². The largest absolute Gasteiger partial charge is 0.472 e. The van der Waals surface area contributed by atoms with Gasteiger partial charge in [0, 0.05) is 29.6 Å². The Morgan fingerprint density at radius 2 is 2.21 bits per heavy atom. The third kappa shape index (κ3) is 2.88. The van der Waals surface area contributed by atoms with E-state index in [1.54, 1.807) is 0 Å². The van der Waals surface area contributed by atoms with E-state index in [4.69, 9.17) is 26.6 Å². The molecule has 0 aliphatic carbocycles. The molecule has 4 N–H and O–H groups in total. The molecule has 0 spiro atoms. The minimum Gasteiger partial charge on any atom is -0.386 e. The van der Waals surface area contributed by atoms with Crippen molar-refractivity contribution in [2.24, 2.45) is 0 Å². The molecule has 125 valence electrons.